The van der Waals surface area contributed by atoms with Crippen LogP contribution in [0.5, 0.6) is 0 Å². The van der Waals surface area contributed by atoms with Crippen molar-refractivity contribution in [2.75, 3.05) is 0 Å². The first-order chi connectivity index (χ1) is 7.48. The number of hydrogen-bond acceptors (Lipinski definition) is 1. The van der Waals surface area contributed by atoms with E-state index in [1.54, 1.807) is 0 Å². The van der Waals surface area contributed by atoms with Crippen LogP contribution < -0.4 is 0 Å². The van der Waals surface area contributed by atoms with Crippen LogP contribution in [0.15, 0.2) is 0 Å². The largest absolute Gasteiger partial charge is 0.143 e. The van der Waals surface area contributed by atoms with E-state index in [9.17, 15) is 5.21 Å². The highest BCUT2D eigenvalue weighted by molar-refractivity contribution is 5.00. The van der Waals surface area contributed by atoms with Gasteiger partial charge in [-0.25, -0.2) is 0 Å². The monoisotopic (exact) mass is 226 g/mol. The summed E-state index contributed by atoms with van der Waals surface area (Å²) in [4.78, 5) is 0. The van der Waals surface area contributed by atoms with Gasteiger partial charge in [-0.15, -0.1) is 10.3 Å². The second-order valence-corrected chi connectivity index (χ2v) is 6.04. The molecule has 0 N–H and O–H groups in total. The highest BCUT2D eigenvalue weighted by Crippen LogP contribution is 2.45. The van der Waals surface area contributed by atoms with E-state index in [4.69, 9.17) is 0 Å². The molecule has 1 aliphatic rings. The predicted molar refractivity (Wildman–Crippen MR) is 67.6 cm³/mol. The minimum atomic E-state index is -0.137. The van der Waals surface area contributed by atoms with Crippen LogP contribution in [0.4, 0.5) is 0 Å². The van der Waals surface area contributed by atoms with Gasteiger partial charge in [0.05, 0.1) is 5.54 Å². The van der Waals surface area contributed by atoms with Gasteiger partial charge in [0.25, 0.3) is 0 Å². The summed E-state index contributed by atoms with van der Waals surface area (Å²) in [5, 5.41) is 13.9. The zero-order valence-corrected chi connectivity index (χ0v) is 11.5. The van der Waals surface area contributed by atoms with Crippen molar-refractivity contribution in [1.29, 1.82) is 0 Å². The zero-order valence-electron chi connectivity index (χ0n) is 11.5. The Kier molecular flexibility index (Phi) is 4.81. The molecule has 0 amide bonds. The summed E-state index contributed by atoms with van der Waals surface area (Å²) >= 11 is 0. The molecule has 95 valence electrons. The quantitative estimate of drug-likeness (QED) is 0.661. The van der Waals surface area contributed by atoms with Crippen LogP contribution in [-0.4, -0.2) is 16.1 Å². The van der Waals surface area contributed by atoms with Crippen molar-refractivity contribution in [2.45, 2.75) is 90.1 Å². The number of rotatable bonds is 6. The van der Waals surface area contributed by atoms with Crippen molar-refractivity contribution in [1.82, 2.24) is 5.06 Å². The summed E-state index contributed by atoms with van der Waals surface area (Å²) in [6, 6.07) is 0. The van der Waals surface area contributed by atoms with Crippen LogP contribution in [0.1, 0.15) is 79.1 Å². The summed E-state index contributed by atoms with van der Waals surface area (Å²) in [6.07, 6.45) is 9.13. The maximum absolute atomic E-state index is 12.5. The summed E-state index contributed by atoms with van der Waals surface area (Å²) in [5.74, 6) is 0. The molecule has 0 aromatic rings. The number of hydrogen-bond donors (Lipinski definition) is 0. The summed E-state index contributed by atoms with van der Waals surface area (Å²) in [5.41, 5.74) is -0.170. The maximum Gasteiger partial charge on any atom is 0.0500 e. The maximum atomic E-state index is 12.5. The van der Waals surface area contributed by atoms with E-state index >= 15 is 0 Å². The van der Waals surface area contributed by atoms with E-state index in [1.165, 1.54) is 30.7 Å². The molecular weight excluding hydrogens is 198 g/mol. The fourth-order valence-electron chi connectivity index (χ4n) is 2.97. The average Bonchev–Trinajstić information content (AvgIpc) is 2.48. The van der Waals surface area contributed by atoms with Gasteiger partial charge in [0, 0.05) is 5.54 Å². The standard InChI is InChI=1S/C14H28NO/c1-5-7-9-14(10-8-6-2)12-11-13(3,4)15(14)16/h5-12H2,1-4H3. The first-order valence-electron chi connectivity index (χ1n) is 6.96. The fraction of sp³-hybridized carbons (Fsp3) is 1.00. The molecule has 16 heavy (non-hydrogen) atoms. The van der Waals surface area contributed by atoms with E-state index in [2.05, 4.69) is 27.7 Å². The molecule has 1 heterocycles. The Morgan fingerprint density at radius 1 is 1.00 bits per heavy atom. The van der Waals surface area contributed by atoms with Crippen LogP contribution in [0.3, 0.4) is 0 Å². The van der Waals surface area contributed by atoms with E-state index in [-0.39, 0.29) is 11.1 Å². The van der Waals surface area contributed by atoms with Crippen LogP contribution >= 0.6 is 0 Å². The molecule has 0 aromatic heterocycles. The molecule has 1 aliphatic heterocycles. The normalized spacial score (nSPS) is 23.8. The molecular formula is C14H28NO. The Balaban J connectivity index is 2.71. The second kappa shape index (κ2) is 5.50. The fourth-order valence-corrected chi connectivity index (χ4v) is 2.97. The van der Waals surface area contributed by atoms with Crippen molar-refractivity contribution in [3.8, 4) is 0 Å². The molecule has 0 spiro atoms. The predicted octanol–water partition coefficient (Wildman–Crippen LogP) is 4.33. The second-order valence-electron chi connectivity index (χ2n) is 6.04. The molecule has 0 saturated carbocycles. The molecule has 1 saturated heterocycles. The van der Waals surface area contributed by atoms with Gasteiger partial charge in [0.2, 0.25) is 0 Å². The minimum absolute atomic E-state index is 0.0322. The molecule has 0 aromatic carbocycles. The SMILES string of the molecule is CCCCC1(CCCC)CCC(C)(C)N1[O]. The summed E-state index contributed by atoms with van der Waals surface area (Å²) < 4.78 is 0. The van der Waals surface area contributed by atoms with Gasteiger partial charge in [0.15, 0.2) is 0 Å². The smallest absolute Gasteiger partial charge is 0.0500 e. The highest BCUT2D eigenvalue weighted by atomic mass is 16.5. The minimum Gasteiger partial charge on any atom is -0.143 e. The Labute approximate surface area is 101 Å². The molecule has 1 radical (unpaired) electrons. The molecule has 1 rings (SSSR count). The van der Waals surface area contributed by atoms with Gasteiger partial charge in [0.1, 0.15) is 0 Å². The van der Waals surface area contributed by atoms with E-state index < -0.39 is 0 Å². The van der Waals surface area contributed by atoms with Crippen LogP contribution in [0, 0.1) is 0 Å². The first-order valence-corrected chi connectivity index (χ1v) is 6.96. The number of hydroxylamine groups is 2. The molecule has 2 heteroatoms. The van der Waals surface area contributed by atoms with Gasteiger partial charge in [-0.3, -0.25) is 0 Å². The molecule has 1 fully saturated rings. The lowest BCUT2D eigenvalue weighted by Gasteiger charge is -2.38. The Morgan fingerprint density at radius 3 is 1.81 bits per heavy atom. The number of unbranched alkanes of at least 4 members (excludes halogenated alkanes) is 2. The lowest BCUT2D eigenvalue weighted by Crippen LogP contribution is -2.48. The lowest BCUT2D eigenvalue weighted by molar-refractivity contribution is -0.256. The van der Waals surface area contributed by atoms with Crippen molar-refractivity contribution in [2.24, 2.45) is 0 Å². The van der Waals surface area contributed by atoms with Gasteiger partial charge in [-0.1, -0.05) is 39.5 Å². The van der Waals surface area contributed by atoms with Crippen molar-refractivity contribution < 1.29 is 5.21 Å². The molecule has 0 bridgehead atoms. The zero-order chi connectivity index (χ0) is 12.2. The Morgan fingerprint density at radius 2 is 1.50 bits per heavy atom. The van der Waals surface area contributed by atoms with Gasteiger partial charge in [-0.2, -0.15) is 0 Å². The Hall–Kier alpha value is -0.0800. The van der Waals surface area contributed by atoms with E-state index in [1.807, 2.05) is 0 Å². The molecule has 0 atom stereocenters. The van der Waals surface area contributed by atoms with Gasteiger partial charge < -0.3 is 0 Å². The van der Waals surface area contributed by atoms with E-state index in [0.717, 1.165) is 25.7 Å². The summed E-state index contributed by atoms with van der Waals surface area (Å²) in [7, 11) is 0. The average molecular weight is 226 g/mol. The number of nitrogens with zero attached hydrogens (tertiary/aromatic N) is 1. The van der Waals surface area contributed by atoms with Gasteiger partial charge >= 0.3 is 0 Å². The molecule has 0 unspecified atom stereocenters. The molecule has 2 nitrogen and oxygen atoms in total. The van der Waals surface area contributed by atoms with Crippen LogP contribution in [0.25, 0.3) is 0 Å². The van der Waals surface area contributed by atoms with E-state index in [0.29, 0.717) is 0 Å². The third kappa shape index (κ3) is 2.78. The summed E-state index contributed by atoms with van der Waals surface area (Å²) in [6.45, 7) is 8.62. The first kappa shape index (κ1) is 14.0. The van der Waals surface area contributed by atoms with Crippen molar-refractivity contribution >= 4 is 0 Å². The highest BCUT2D eigenvalue weighted by Gasteiger charge is 2.50. The third-order valence-electron chi connectivity index (χ3n) is 4.17. The van der Waals surface area contributed by atoms with Crippen molar-refractivity contribution in [3.63, 3.8) is 0 Å². The molecule has 0 aliphatic carbocycles. The third-order valence-corrected chi connectivity index (χ3v) is 4.17. The van der Waals surface area contributed by atoms with Crippen molar-refractivity contribution in [3.05, 3.63) is 0 Å². The Bertz CT molecular complexity index is 205. The topological polar surface area (TPSA) is 23.1 Å². The van der Waals surface area contributed by atoms with Gasteiger partial charge in [-0.05, 0) is 39.5 Å². The lowest BCUT2D eigenvalue weighted by atomic mass is 9.85. The van der Waals surface area contributed by atoms with Crippen LogP contribution in [-0.2, 0) is 5.21 Å². The van der Waals surface area contributed by atoms with Crippen LogP contribution in [0.2, 0.25) is 0 Å².